The van der Waals surface area contributed by atoms with Gasteiger partial charge in [-0.3, -0.25) is 10.1 Å². The number of carbonyl (C=O) groups is 1. The molecule has 2 bridgehead atoms. The summed E-state index contributed by atoms with van der Waals surface area (Å²) in [6.07, 6.45) is -8.29. The molecule has 4 fully saturated rings. The number of likely N-dealkylation sites (N-methyl/N-ethyl adjacent to an activating group) is 1. The van der Waals surface area contributed by atoms with Crippen molar-refractivity contribution in [2.24, 2.45) is 23.7 Å². The molecule has 4 saturated heterocycles. The second-order valence-corrected chi connectivity index (χ2v) is 18.6. The summed E-state index contributed by atoms with van der Waals surface area (Å²) < 4.78 is 55.7. The van der Waals surface area contributed by atoms with Crippen LogP contribution in [0.25, 0.3) is 0 Å². The lowest BCUT2D eigenvalue weighted by molar-refractivity contribution is -0.318. The van der Waals surface area contributed by atoms with Gasteiger partial charge < -0.3 is 68.0 Å². The Balaban J connectivity index is 1.83. The number of aliphatic hydroxyl groups is 4. The third kappa shape index (κ3) is 11.1. The predicted octanol–water partition coefficient (Wildman–Crippen LogP) is 2.20. The highest BCUT2D eigenvalue weighted by molar-refractivity contribution is 5.73. The van der Waals surface area contributed by atoms with Crippen LogP contribution in [0.15, 0.2) is 0 Å². The number of methoxy groups -OCH3 is 2. The molecule has 340 valence electrons. The number of aliphatic hydroxyl groups excluding tert-OH is 2. The Morgan fingerprint density at radius 2 is 1.59 bits per heavy atom. The summed E-state index contributed by atoms with van der Waals surface area (Å²) in [5.41, 5.74) is -4.27. The van der Waals surface area contributed by atoms with E-state index in [0.717, 1.165) is 0 Å². The molecule has 5 N–H and O–H groups in total. The van der Waals surface area contributed by atoms with E-state index in [0.29, 0.717) is 19.6 Å². The smallest absolute Gasteiger partial charge is 0.311 e. The van der Waals surface area contributed by atoms with Crippen molar-refractivity contribution in [1.82, 2.24) is 10.2 Å². The minimum absolute atomic E-state index is 0.137. The van der Waals surface area contributed by atoms with Gasteiger partial charge in [0.15, 0.2) is 12.6 Å². The number of hydrogen-bond acceptors (Lipinski definition) is 16. The zero-order chi connectivity index (χ0) is 43.5. The van der Waals surface area contributed by atoms with Gasteiger partial charge in [-0.15, -0.1) is 0 Å². The van der Waals surface area contributed by atoms with Gasteiger partial charge in [-0.25, -0.2) is 0 Å². The van der Waals surface area contributed by atoms with E-state index in [-0.39, 0.29) is 55.9 Å². The molecule has 4 rings (SSSR count). The van der Waals surface area contributed by atoms with Crippen molar-refractivity contribution >= 4 is 5.97 Å². The average molecular weight is 835 g/mol. The third-order valence-electron chi connectivity index (χ3n) is 13.5. The van der Waals surface area contributed by atoms with Crippen LogP contribution in [0.1, 0.15) is 94.9 Å². The number of nitrogens with zero attached hydrogens (tertiary/aromatic N) is 1. The van der Waals surface area contributed by atoms with E-state index < -0.39 is 96.1 Å². The highest BCUT2D eigenvalue weighted by Gasteiger charge is 2.55. The summed E-state index contributed by atoms with van der Waals surface area (Å²) in [6.45, 7) is 19.1. The first kappa shape index (κ1) is 49.6. The molecule has 0 spiro atoms. The first-order chi connectivity index (χ1) is 27.0. The lowest BCUT2D eigenvalue weighted by Gasteiger charge is -2.52. The largest absolute Gasteiger partial charge is 0.459 e. The third-order valence-corrected chi connectivity index (χ3v) is 13.5. The average Bonchev–Trinajstić information content (AvgIpc) is 3.15. The molecule has 0 aliphatic carbocycles. The summed E-state index contributed by atoms with van der Waals surface area (Å²) in [5.74, 6) is -2.95. The highest BCUT2D eigenvalue weighted by Crippen LogP contribution is 2.43. The Labute approximate surface area is 346 Å². The molecular formula is C42H78N2O14. The highest BCUT2D eigenvalue weighted by atomic mass is 16.7. The van der Waals surface area contributed by atoms with Gasteiger partial charge in [0.05, 0.1) is 67.5 Å². The summed E-state index contributed by atoms with van der Waals surface area (Å²) in [7, 11) is 6.90. The quantitative estimate of drug-likeness (QED) is 0.142. The fourth-order valence-electron chi connectivity index (χ4n) is 10.0. The minimum Gasteiger partial charge on any atom is -0.459 e. The molecule has 3 unspecified atom stereocenters. The molecular weight excluding hydrogens is 756 g/mol. The molecule has 58 heavy (non-hydrogen) atoms. The lowest BCUT2D eigenvalue weighted by Crippen LogP contribution is -2.67. The first-order valence-corrected chi connectivity index (χ1v) is 21.4. The van der Waals surface area contributed by atoms with E-state index >= 15 is 0 Å². The fraction of sp³-hybridized carbons (Fsp3) is 0.976. The molecule has 4 aliphatic rings. The van der Waals surface area contributed by atoms with Crippen LogP contribution in [0, 0.1) is 23.7 Å². The van der Waals surface area contributed by atoms with Gasteiger partial charge in [0, 0.05) is 44.6 Å². The van der Waals surface area contributed by atoms with Crippen LogP contribution in [0.3, 0.4) is 0 Å². The van der Waals surface area contributed by atoms with Crippen molar-refractivity contribution in [1.29, 1.82) is 0 Å². The zero-order valence-electron chi connectivity index (χ0n) is 37.6. The molecule has 0 aromatic rings. The summed E-state index contributed by atoms with van der Waals surface area (Å²) in [5, 5.41) is 51.5. The second-order valence-electron chi connectivity index (χ2n) is 18.6. The molecule has 16 heteroatoms. The van der Waals surface area contributed by atoms with E-state index in [1.54, 1.807) is 41.7 Å². The molecule has 20 atom stereocenters. The van der Waals surface area contributed by atoms with Crippen molar-refractivity contribution in [3.05, 3.63) is 0 Å². The number of rotatable bonds is 12. The Kier molecular flexibility index (Phi) is 17.4. The summed E-state index contributed by atoms with van der Waals surface area (Å²) >= 11 is 0. The Hall–Kier alpha value is -1.09. The number of carbonyl (C=O) groups excluding carboxylic acids is 1. The Morgan fingerprint density at radius 1 is 0.914 bits per heavy atom. The van der Waals surface area contributed by atoms with E-state index in [1.807, 2.05) is 53.6 Å². The number of ether oxygens (including phenoxy) is 9. The molecule has 4 heterocycles. The van der Waals surface area contributed by atoms with Crippen LogP contribution >= 0.6 is 0 Å². The fourth-order valence-corrected chi connectivity index (χ4v) is 10.0. The maximum absolute atomic E-state index is 14.5. The number of nitrogens with one attached hydrogen (secondary N) is 1. The predicted molar refractivity (Wildman–Crippen MR) is 214 cm³/mol. The van der Waals surface area contributed by atoms with Gasteiger partial charge in [-0.1, -0.05) is 27.7 Å². The van der Waals surface area contributed by atoms with Crippen molar-refractivity contribution in [3.63, 3.8) is 0 Å². The maximum atomic E-state index is 14.5. The van der Waals surface area contributed by atoms with E-state index in [1.165, 1.54) is 7.11 Å². The maximum Gasteiger partial charge on any atom is 0.311 e. The number of esters is 1. The van der Waals surface area contributed by atoms with Crippen LogP contribution < -0.4 is 5.32 Å². The first-order valence-electron chi connectivity index (χ1n) is 21.4. The van der Waals surface area contributed by atoms with Crippen LogP contribution in [-0.4, -0.2) is 176 Å². The van der Waals surface area contributed by atoms with Crippen LogP contribution in [-0.2, 0) is 47.4 Å². The normalized spacial score (nSPS) is 48.7. The van der Waals surface area contributed by atoms with Crippen molar-refractivity contribution in [3.8, 4) is 0 Å². The lowest BCUT2D eigenvalue weighted by atomic mass is 9.71. The molecule has 0 saturated carbocycles. The van der Waals surface area contributed by atoms with Crippen LogP contribution in [0.5, 0.6) is 0 Å². The monoisotopic (exact) mass is 835 g/mol. The van der Waals surface area contributed by atoms with Gasteiger partial charge in [0.2, 0.25) is 0 Å². The molecule has 4 aliphatic heterocycles. The van der Waals surface area contributed by atoms with Gasteiger partial charge in [0.25, 0.3) is 0 Å². The molecule has 0 amide bonds. The molecule has 0 aromatic carbocycles. The zero-order valence-corrected chi connectivity index (χ0v) is 37.6. The van der Waals surface area contributed by atoms with Crippen molar-refractivity contribution in [2.75, 3.05) is 48.1 Å². The standard InChI is InChI=1S/C42H78N2O14/c1-15-29-42(10,49)37-24(4)32(43-30(56-37)21-52-17-16-50-13)22(2)19-40(8,48)36(58-39-33(45)28(44(11)12)18-23(3)53-39)25(5)34(26(6)38(47)55-29)57-31-20-41(9,51-14)35(46)27(7)54-31/h22-37,39,43,45-46,48-49H,15-21H2,1-14H3/t22?,23-,24?,25+,26-,27+,28+,29-,30-,31+,32+,33-,34?,35+,36-,37-,39+,40-,41-,42-/m1/s1. The minimum atomic E-state index is -1.64. The number of hydrogen-bond donors (Lipinski definition) is 5. The van der Waals surface area contributed by atoms with Crippen molar-refractivity contribution < 1.29 is 67.9 Å². The topological polar surface area (TPSA) is 196 Å². The Morgan fingerprint density at radius 3 is 2.19 bits per heavy atom. The van der Waals surface area contributed by atoms with Gasteiger partial charge in [-0.2, -0.15) is 0 Å². The van der Waals surface area contributed by atoms with Crippen molar-refractivity contribution in [2.45, 2.75) is 191 Å². The summed E-state index contributed by atoms with van der Waals surface area (Å²) in [6, 6.07) is -0.593. The Bertz CT molecular complexity index is 1290. The van der Waals surface area contributed by atoms with Crippen LogP contribution in [0.4, 0.5) is 0 Å². The number of cyclic esters (lactones) is 1. The SMILES string of the molecule is CC[C@H]1OC(=O)[C@H](C)C(O[C@H]2C[C@@](C)(OC)[C@@H](O)[C@H](C)O2)[C@H](C)[C@@H](O[C@@H]2O[C@H](C)C[C@H](N(C)C)[C@H]2O)[C@](C)(O)CC(C)[C@@H]2N[C@@H](COCCOC)O[C@H](C2C)[C@]1(C)O. The summed E-state index contributed by atoms with van der Waals surface area (Å²) in [4.78, 5) is 16.4. The number of fused-ring (bicyclic) bond motifs is 2. The van der Waals surface area contributed by atoms with E-state index in [9.17, 15) is 25.2 Å². The van der Waals surface area contributed by atoms with E-state index in [2.05, 4.69) is 5.32 Å². The second kappa shape index (κ2) is 20.4. The van der Waals surface area contributed by atoms with Gasteiger partial charge in [-0.05, 0) is 80.8 Å². The van der Waals surface area contributed by atoms with Gasteiger partial charge in [0.1, 0.15) is 30.1 Å². The van der Waals surface area contributed by atoms with E-state index in [4.69, 9.17) is 42.6 Å². The van der Waals surface area contributed by atoms with Gasteiger partial charge >= 0.3 is 5.97 Å². The molecule has 0 radical (unpaired) electrons. The molecule has 16 nitrogen and oxygen atoms in total. The van der Waals surface area contributed by atoms with Crippen LogP contribution in [0.2, 0.25) is 0 Å². The molecule has 0 aromatic heterocycles.